The first kappa shape index (κ1) is 8.34. The number of rotatable bonds is 1. The predicted molar refractivity (Wildman–Crippen MR) is 46.5 cm³/mol. The molecule has 0 atom stereocenters. The van der Waals surface area contributed by atoms with Crippen molar-refractivity contribution in [3.05, 3.63) is 29.8 Å². The van der Waals surface area contributed by atoms with Crippen LogP contribution in [0.15, 0.2) is 24.3 Å². The molecule has 2 rings (SSSR count). The molecule has 3 heteroatoms. The first-order chi connectivity index (χ1) is 5.88. The second-order valence-electron chi connectivity index (χ2n) is 2.93. The molecule has 12 heavy (non-hydrogen) atoms. The van der Waals surface area contributed by atoms with Crippen LogP contribution in [0.5, 0.6) is 0 Å². The van der Waals surface area contributed by atoms with E-state index in [0.29, 0.717) is 13.2 Å². The molecule has 0 saturated carbocycles. The molecule has 1 aliphatic heterocycles. The number of hydrogen-bond donors (Lipinski definition) is 0. The number of ether oxygens (including phenoxy) is 2. The first-order valence-electron chi connectivity index (χ1n) is 4.16. The Kier molecular flexibility index (Phi) is 2.53. The van der Waals surface area contributed by atoms with Crippen molar-refractivity contribution in [3.63, 3.8) is 0 Å². The van der Waals surface area contributed by atoms with Gasteiger partial charge in [0.05, 0.1) is 0 Å². The van der Waals surface area contributed by atoms with Gasteiger partial charge in [0.2, 0.25) is 0 Å². The summed E-state index contributed by atoms with van der Waals surface area (Å²) in [6.07, 6.45) is -0.133. The summed E-state index contributed by atoms with van der Waals surface area (Å²) in [6, 6.07) is 8.15. The molecule has 1 fully saturated rings. The Morgan fingerprint density at radius 3 is 2.50 bits per heavy atom. The minimum atomic E-state index is -0.133. The van der Waals surface area contributed by atoms with Gasteiger partial charge in [0.1, 0.15) is 0 Å². The van der Waals surface area contributed by atoms with Crippen LogP contribution in [0.25, 0.3) is 0 Å². The molecule has 2 nitrogen and oxygen atoms in total. The van der Waals surface area contributed by atoms with Crippen molar-refractivity contribution in [1.29, 1.82) is 0 Å². The summed E-state index contributed by atoms with van der Waals surface area (Å²) in [7, 11) is 0. The molecule has 0 radical (unpaired) electrons. The van der Waals surface area contributed by atoms with Crippen molar-refractivity contribution < 1.29 is 9.47 Å². The average molecular weight is 156 g/mol. The molecule has 1 aromatic carbocycles. The van der Waals surface area contributed by atoms with E-state index in [-0.39, 0.29) is 6.29 Å². The maximum absolute atomic E-state index is 5.40. The topological polar surface area (TPSA) is 18.5 Å². The van der Waals surface area contributed by atoms with Crippen LogP contribution in [0.2, 0.25) is 0 Å². The van der Waals surface area contributed by atoms with Crippen molar-refractivity contribution in [2.45, 2.75) is 6.29 Å². The van der Waals surface area contributed by atoms with Gasteiger partial charge in [-0.05, 0) is 0 Å². The molecule has 58 valence electrons. The van der Waals surface area contributed by atoms with Gasteiger partial charge < -0.3 is 0 Å². The van der Waals surface area contributed by atoms with Gasteiger partial charge in [-0.3, -0.25) is 0 Å². The third-order valence-electron chi connectivity index (χ3n) is 2.06. The Bertz CT molecular complexity index is 269. The molecule has 1 heterocycles. The second kappa shape index (κ2) is 3.63. The van der Waals surface area contributed by atoms with E-state index in [1.165, 1.54) is 4.24 Å². The second-order valence-corrected chi connectivity index (χ2v) is 2.93. The van der Waals surface area contributed by atoms with E-state index in [4.69, 9.17) is 9.47 Å². The molecule has 1 saturated heterocycles. The Morgan fingerprint density at radius 1 is 1.17 bits per heavy atom. The first-order valence-corrected chi connectivity index (χ1v) is 4.16. The molecule has 0 amide bonds. The van der Waals surface area contributed by atoms with Gasteiger partial charge in [-0.25, -0.2) is 0 Å². The molecule has 0 unspecified atom stereocenters. The SMILES string of the molecule is [Li][c]1ccccc1C1OCCO1. The Balaban J connectivity index is 2.26. The molecule has 0 spiro atoms. The molecular formula is C9H9LiO2. The quantitative estimate of drug-likeness (QED) is 0.552. The maximum atomic E-state index is 5.40. The van der Waals surface area contributed by atoms with Gasteiger partial charge in [-0.15, -0.1) is 0 Å². The summed E-state index contributed by atoms with van der Waals surface area (Å²) in [5.74, 6) is 0. The van der Waals surface area contributed by atoms with E-state index in [9.17, 15) is 0 Å². The zero-order valence-electron chi connectivity index (χ0n) is 7.12. The van der Waals surface area contributed by atoms with Crippen molar-refractivity contribution in [2.24, 2.45) is 0 Å². The third kappa shape index (κ3) is 1.57. The number of hydrogen-bond acceptors (Lipinski definition) is 2. The van der Waals surface area contributed by atoms with E-state index in [1.807, 2.05) is 18.2 Å². The van der Waals surface area contributed by atoms with Gasteiger partial charge in [0.25, 0.3) is 0 Å². The van der Waals surface area contributed by atoms with E-state index in [2.05, 4.69) is 23.8 Å². The zero-order valence-corrected chi connectivity index (χ0v) is 7.12. The van der Waals surface area contributed by atoms with Crippen LogP contribution in [-0.2, 0) is 9.47 Å². The van der Waals surface area contributed by atoms with Gasteiger partial charge in [0, 0.05) is 0 Å². The Hall–Kier alpha value is -0.263. The Labute approximate surface area is 81.1 Å². The fourth-order valence-electron chi connectivity index (χ4n) is 1.39. The van der Waals surface area contributed by atoms with Crippen molar-refractivity contribution in [1.82, 2.24) is 0 Å². The van der Waals surface area contributed by atoms with Crippen LogP contribution in [0.4, 0.5) is 0 Å². The van der Waals surface area contributed by atoms with E-state index < -0.39 is 0 Å². The molecule has 0 N–H and O–H groups in total. The molecular weight excluding hydrogens is 147 g/mol. The zero-order chi connectivity index (χ0) is 8.39. The standard InChI is InChI=1S/C9H9O2.Li/c1-2-4-8(5-3-1)9-10-6-7-11-9;/h1-4,9H,6-7H2;. The van der Waals surface area contributed by atoms with Crippen LogP contribution >= 0.6 is 0 Å². The molecule has 1 aliphatic rings. The average Bonchev–Trinajstić information content (AvgIpc) is 2.57. The summed E-state index contributed by atoms with van der Waals surface area (Å²) >= 11 is 2.07. The summed E-state index contributed by atoms with van der Waals surface area (Å²) in [4.78, 5) is 0. The molecule has 0 aliphatic carbocycles. The van der Waals surface area contributed by atoms with Gasteiger partial charge in [0.15, 0.2) is 0 Å². The molecule has 1 aromatic rings. The number of benzene rings is 1. The Morgan fingerprint density at radius 2 is 1.83 bits per heavy atom. The van der Waals surface area contributed by atoms with Crippen molar-refractivity contribution in [3.8, 4) is 0 Å². The van der Waals surface area contributed by atoms with E-state index in [0.717, 1.165) is 5.56 Å². The summed E-state index contributed by atoms with van der Waals surface area (Å²) < 4.78 is 12.0. The van der Waals surface area contributed by atoms with Crippen molar-refractivity contribution >= 4 is 22.0 Å². The predicted octanol–water partition coefficient (Wildman–Crippen LogP) is 0.526. The fourth-order valence-corrected chi connectivity index (χ4v) is 1.39. The van der Waals surface area contributed by atoms with Crippen molar-refractivity contribution in [2.75, 3.05) is 13.2 Å². The summed E-state index contributed by atoms with van der Waals surface area (Å²) in [6.45, 7) is 1.41. The molecule has 0 aromatic heterocycles. The summed E-state index contributed by atoms with van der Waals surface area (Å²) in [5.41, 5.74) is 1.15. The van der Waals surface area contributed by atoms with E-state index >= 15 is 0 Å². The third-order valence-corrected chi connectivity index (χ3v) is 2.06. The van der Waals surface area contributed by atoms with Crippen LogP contribution in [-0.4, -0.2) is 30.9 Å². The summed E-state index contributed by atoms with van der Waals surface area (Å²) in [5, 5.41) is 0. The van der Waals surface area contributed by atoms with Crippen LogP contribution in [0.1, 0.15) is 11.9 Å². The normalized spacial score (nSPS) is 18.5. The molecule has 0 bridgehead atoms. The van der Waals surface area contributed by atoms with Gasteiger partial charge >= 0.3 is 80.8 Å². The van der Waals surface area contributed by atoms with Crippen LogP contribution in [0, 0.1) is 0 Å². The van der Waals surface area contributed by atoms with Crippen LogP contribution in [0.3, 0.4) is 0 Å². The minimum absolute atomic E-state index is 0.133. The monoisotopic (exact) mass is 156 g/mol. The van der Waals surface area contributed by atoms with Gasteiger partial charge in [-0.2, -0.15) is 0 Å². The van der Waals surface area contributed by atoms with Gasteiger partial charge in [-0.1, -0.05) is 0 Å². The van der Waals surface area contributed by atoms with Crippen LogP contribution < -0.4 is 4.24 Å². The van der Waals surface area contributed by atoms with E-state index in [1.54, 1.807) is 0 Å². The fraction of sp³-hybridized carbons (Fsp3) is 0.333.